The molecule has 7 heteroatoms. The van der Waals surface area contributed by atoms with Gasteiger partial charge in [-0.2, -0.15) is 0 Å². The largest absolute Gasteiger partial charge is 0.495 e. The van der Waals surface area contributed by atoms with Gasteiger partial charge in [0.2, 0.25) is 5.91 Å². The van der Waals surface area contributed by atoms with Gasteiger partial charge < -0.3 is 15.8 Å². The normalized spacial score (nSPS) is 11.2. The van der Waals surface area contributed by atoms with E-state index in [1.807, 2.05) is 30.3 Å². The molecule has 0 aliphatic heterocycles. The second-order valence-corrected chi connectivity index (χ2v) is 7.32. The van der Waals surface area contributed by atoms with Gasteiger partial charge in [-0.3, -0.25) is 14.5 Å². The van der Waals surface area contributed by atoms with Crippen molar-refractivity contribution in [2.75, 3.05) is 17.7 Å². The maximum atomic E-state index is 13.4. The Labute approximate surface area is 191 Å². The molecule has 3 N–H and O–H groups in total. The lowest BCUT2D eigenvalue weighted by Crippen LogP contribution is -2.43. The number of carbonyl (C=O) groups is 2. The van der Waals surface area contributed by atoms with Gasteiger partial charge >= 0.3 is 5.91 Å². The van der Waals surface area contributed by atoms with Gasteiger partial charge in [0.05, 0.1) is 12.1 Å². The van der Waals surface area contributed by atoms with Crippen LogP contribution in [0, 0.1) is 12.3 Å². The SMILES string of the molecule is C#CC(=O)N(c1ccc(OC)c(Cl)c1)C(C(=O)NCc1ccccc1)c1ccc(N)cc1. The highest BCUT2D eigenvalue weighted by Crippen LogP contribution is 2.34. The van der Waals surface area contributed by atoms with E-state index in [4.69, 9.17) is 28.5 Å². The van der Waals surface area contributed by atoms with Crippen molar-refractivity contribution in [3.63, 3.8) is 0 Å². The number of terminal acetylenes is 1. The number of nitrogens with two attached hydrogens (primary N) is 1. The molecule has 3 rings (SSSR count). The molecule has 0 bridgehead atoms. The third kappa shape index (κ3) is 5.20. The maximum absolute atomic E-state index is 13.4. The fourth-order valence-electron chi connectivity index (χ4n) is 3.24. The summed E-state index contributed by atoms with van der Waals surface area (Å²) in [6.45, 7) is 0.284. The van der Waals surface area contributed by atoms with Crippen molar-refractivity contribution in [2.24, 2.45) is 0 Å². The van der Waals surface area contributed by atoms with Crippen LogP contribution in [0.2, 0.25) is 5.02 Å². The Balaban J connectivity index is 2.04. The Morgan fingerprint density at radius 3 is 2.41 bits per heavy atom. The van der Waals surface area contributed by atoms with Crippen LogP contribution in [-0.4, -0.2) is 18.9 Å². The number of amides is 2. The van der Waals surface area contributed by atoms with E-state index < -0.39 is 17.9 Å². The zero-order chi connectivity index (χ0) is 23.1. The summed E-state index contributed by atoms with van der Waals surface area (Å²) in [7, 11) is 1.49. The third-order valence-electron chi connectivity index (χ3n) is 4.82. The van der Waals surface area contributed by atoms with E-state index in [1.54, 1.807) is 36.4 Å². The summed E-state index contributed by atoms with van der Waals surface area (Å²) in [6, 6.07) is 19.8. The lowest BCUT2D eigenvalue weighted by Gasteiger charge is -2.30. The number of ether oxygens (including phenoxy) is 1. The molecule has 162 valence electrons. The zero-order valence-corrected chi connectivity index (χ0v) is 18.2. The summed E-state index contributed by atoms with van der Waals surface area (Å²) >= 11 is 6.28. The van der Waals surface area contributed by atoms with Crippen molar-refractivity contribution in [1.29, 1.82) is 0 Å². The Morgan fingerprint density at radius 1 is 1.12 bits per heavy atom. The molecule has 6 nitrogen and oxygen atoms in total. The highest BCUT2D eigenvalue weighted by atomic mass is 35.5. The number of anilines is 2. The molecule has 0 aliphatic rings. The van der Waals surface area contributed by atoms with Crippen molar-refractivity contribution in [2.45, 2.75) is 12.6 Å². The zero-order valence-electron chi connectivity index (χ0n) is 17.4. The number of carbonyl (C=O) groups excluding carboxylic acids is 2. The molecule has 3 aromatic carbocycles. The minimum absolute atomic E-state index is 0.278. The molecule has 1 unspecified atom stereocenters. The summed E-state index contributed by atoms with van der Waals surface area (Å²) in [6.07, 6.45) is 5.46. The Hall–Kier alpha value is -3.95. The molecule has 0 fully saturated rings. The molecule has 3 aromatic rings. The van der Waals surface area contributed by atoms with E-state index in [-0.39, 0.29) is 11.6 Å². The van der Waals surface area contributed by atoms with Gasteiger partial charge in [0.25, 0.3) is 0 Å². The van der Waals surface area contributed by atoms with E-state index in [0.29, 0.717) is 22.7 Å². The van der Waals surface area contributed by atoms with Crippen LogP contribution in [0.4, 0.5) is 11.4 Å². The minimum Gasteiger partial charge on any atom is -0.495 e. The quantitative estimate of drug-likeness (QED) is 0.424. The maximum Gasteiger partial charge on any atom is 0.303 e. The van der Waals surface area contributed by atoms with Crippen LogP contribution in [0.1, 0.15) is 17.2 Å². The second-order valence-electron chi connectivity index (χ2n) is 6.91. The van der Waals surface area contributed by atoms with Gasteiger partial charge in [0.1, 0.15) is 11.8 Å². The first-order chi connectivity index (χ1) is 15.4. The molecule has 0 heterocycles. The van der Waals surface area contributed by atoms with E-state index >= 15 is 0 Å². The molecule has 0 saturated carbocycles. The first-order valence-electron chi connectivity index (χ1n) is 9.75. The molecule has 0 radical (unpaired) electrons. The fraction of sp³-hybridized carbons (Fsp3) is 0.120. The predicted octanol–water partition coefficient (Wildman–Crippen LogP) is 3.95. The van der Waals surface area contributed by atoms with Gasteiger partial charge in [-0.25, -0.2) is 0 Å². The van der Waals surface area contributed by atoms with Crippen molar-refractivity contribution in [3.05, 3.63) is 88.9 Å². The van der Waals surface area contributed by atoms with Gasteiger partial charge in [-0.05, 0) is 47.4 Å². The van der Waals surface area contributed by atoms with Crippen LogP contribution in [0.25, 0.3) is 0 Å². The highest BCUT2D eigenvalue weighted by Gasteiger charge is 2.32. The van der Waals surface area contributed by atoms with Crippen molar-refractivity contribution >= 4 is 34.8 Å². The van der Waals surface area contributed by atoms with E-state index in [1.165, 1.54) is 18.1 Å². The van der Waals surface area contributed by atoms with Crippen LogP contribution >= 0.6 is 11.6 Å². The van der Waals surface area contributed by atoms with Crippen LogP contribution in [0.3, 0.4) is 0 Å². The number of hydrogen-bond acceptors (Lipinski definition) is 4. The second kappa shape index (κ2) is 10.4. The van der Waals surface area contributed by atoms with Gasteiger partial charge in [0, 0.05) is 17.9 Å². The lowest BCUT2D eigenvalue weighted by molar-refractivity contribution is -0.125. The molecule has 0 spiro atoms. The smallest absolute Gasteiger partial charge is 0.303 e. The summed E-state index contributed by atoms with van der Waals surface area (Å²) in [5, 5.41) is 3.17. The first-order valence-corrected chi connectivity index (χ1v) is 10.1. The minimum atomic E-state index is -1.05. The van der Waals surface area contributed by atoms with Gasteiger partial charge in [-0.15, -0.1) is 6.42 Å². The van der Waals surface area contributed by atoms with Crippen LogP contribution in [0.5, 0.6) is 5.75 Å². The van der Waals surface area contributed by atoms with Crippen molar-refractivity contribution in [1.82, 2.24) is 5.32 Å². The molecule has 0 aliphatic carbocycles. The van der Waals surface area contributed by atoms with E-state index in [9.17, 15) is 9.59 Å². The van der Waals surface area contributed by atoms with Crippen molar-refractivity contribution < 1.29 is 14.3 Å². The number of rotatable bonds is 7. The number of nitrogen functional groups attached to an aromatic ring is 1. The Kier molecular flexibility index (Phi) is 7.37. The number of benzene rings is 3. The molecular formula is C25H22ClN3O3. The number of hydrogen-bond donors (Lipinski definition) is 2. The third-order valence-corrected chi connectivity index (χ3v) is 5.12. The van der Waals surface area contributed by atoms with Crippen LogP contribution in [-0.2, 0) is 16.1 Å². The molecule has 32 heavy (non-hydrogen) atoms. The van der Waals surface area contributed by atoms with Gasteiger partial charge in [-0.1, -0.05) is 54.1 Å². The number of methoxy groups -OCH3 is 1. The summed E-state index contributed by atoms with van der Waals surface area (Å²) in [5.41, 5.74) is 8.16. The Bertz CT molecular complexity index is 1140. The van der Waals surface area contributed by atoms with Crippen LogP contribution < -0.4 is 20.7 Å². The summed E-state index contributed by atoms with van der Waals surface area (Å²) in [4.78, 5) is 27.5. The molecule has 2 amide bonds. The Morgan fingerprint density at radius 2 is 1.81 bits per heavy atom. The number of nitrogens with one attached hydrogen (secondary N) is 1. The average molecular weight is 448 g/mol. The summed E-state index contributed by atoms with van der Waals surface area (Å²) in [5.74, 6) is 1.44. The molecule has 1 atom stereocenters. The van der Waals surface area contributed by atoms with Crippen molar-refractivity contribution in [3.8, 4) is 18.1 Å². The average Bonchev–Trinajstić information content (AvgIpc) is 2.82. The molecular weight excluding hydrogens is 426 g/mol. The number of nitrogens with zero attached hydrogens (tertiary/aromatic N) is 1. The highest BCUT2D eigenvalue weighted by molar-refractivity contribution is 6.32. The lowest BCUT2D eigenvalue weighted by atomic mass is 10.0. The summed E-state index contributed by atoms with van der Waals surface area (Å²) < 4.78 is 5.19. The number of halogens is 1. The van der Waals surface area contributed by atoms with Gasteiger partial charge in [0.15, 0.2) is 0 Å². The molecule has 0 aromatic heterocycles. The fourth-order valence-corrected chi connectivity index (χ4v) is 3.49. The van der Waals surface area contributed by atoms with E-state index in [2.05, 4.69) is 11.2 Å². The predicted molar refractivity (Wildman–Crippen MR) is 126 cm³/mol. The van der Waals surface area contributed by atoms with Crippen LogP contribution in [0.15, 0.2) is 72.8 Å². The van der Waals surface area contributed by atoms with E-state index in [0.717, 1.165) is 5.56 Å². The topological polar surface area (TPSA) is 84.7 Å². The monoisotopic (exact) mass is 447 g/mol. The first kappa shape index (κ1) is 22.7. The molecule has 0 saturated heterocycles. The standard InChI is InChI=1S/C25H22ClN3O3/c1-3-23(30)29(20-13-14-22(32-2)21(26)15-20)24(18-9-11-19(27)12-10-18)25(31)28-16-17-7-5-4-6-8-17/h1,4-15,24H,16,27H2,2H3,(H,28,31).